The van der Waals surface area contributed by atoms with Crippen molar-refractivity contribution >= 4 is 17.2 Å². The molecule has 0 saturated carbocycles. The predicted octanol–water partition coefficient (Wildman–Crippen LogP) is 4.54. The molecule has 3 aromatic rings. The van der Waals surface area contributed by atoms with Gasteiger partial charge in [-0.05, 0) is 47.9 Å². The average Bonchev–Trinajstić information content (AvgIpc) is 3.11. The van der Waals surface area contributed by atoms with Crippen molar-refractivity contribution in [3.05, 3.63) is 112 Å². The van der Waals surface area contributed by atoms with Crippen LogP contribution < -0.4 is 5.32 Å². The van der Waals surface area contributed by atoms with E-state index in [1.54, 1.807) is 42.7 Å². The van der Waals surface area contributed by atoms with Gasteiger partial charge in [0.05, 0.1) is 11.3 Å². The summed E-state index contributed by atoms with van der Waals surface area (Å²) < 4.78 is 13.5. The molecule has 0 spiro atoms. The van der Waals surface area contributed by atoms with Crippen LogP contribution in [0.3, 0.4) is 0 Å². The van der Waals surface area contributed by atoms with Gasteiger partial charge >= 0.3 is 0 Å². The summed E-state index contributed by atoms with van der Waals surface area (Å²) >= 11 is 0. The molecular weight excluding hydrogens is 413 g/mol. The molecule has 32 heavy (non-hydrogen) atoms. The van der Waals surface area contributed by atoms with Crippen LogP contribution in [-0.4, -0.2) is 15.8 Å². The topological polar surface area (TPSA) is 110 Å². The number of hydrogen-bond donors (Lipinski definition) is 1. The molecule has 1 unspecified atom stereocenters. The van der Waals surface area contributed by atoms with Gasteiger partial charge in [-0.1, -0.05) is 24.3 Å². The number of rotatable bonds is 6. The molecule has 2 heterocycles. The summed E-state index contributed by atoms with van der Waals surface area (Å²) in [6.45, 7) is 1.83. The van der Waals surface area contributed by atoms with Gasteiger partial charge in [-0.25, -0.2) is 4.39 Å². The van der Waals surface area contributed by atoms with Gasteiger partial charge < -0.3 is 5.32 Å². The van der Waals surface area contributed by atoms with Gasteiger partial charge in [0.15, 0.2) is 5.82 Å². The Kier molecular flexibility index (Phi) is 5.55. The van der Waals surface area contributed by atoms with Gasteiger partial charge in [-0.2, -0.15) is 5.11 Å². The average molecular weight is 431 g/mol. The highest BCUT2D eigenvalue weighted by atomic mass is 19.1. The first-order chi connectivity index (χ1) is 15.4. The normalized spacial score (nSPS) is 17.4. The molecule has 0 saturated heterocycles. The Morgan fingerprint density at radius 3 is 2.53 bits per heavy atom. The van der Waals surface area contributed by atoms with Gasteiger partial charge in [-0.15, -0.1) is 5.11 Å². The zero-order chi connectivity index (χ0) is 22.7. The maximum absolute atomic E-state index is 13.5. The van der Waals surface area contributed by atoms with Crippen LogP contribution in [0.5, 0.6) is 0 Å². The maximum Gasteiger partial charge on any atom is 0.269 e. The van der Waals surface area contributed by atoms with E-state index >= 15 is 0 Å². The fraction of sp³-hybridized carbons (Fsp3) is 0.130. The Hall–Kier alpha value is -4.27. The number of nitro benzene ring substituents is 1. The van der Waals surface area contributed by atoms with Gasteiger partial charge in [0.1, 0.15) is 11.4 Å². The molecule has 1 N–H and O–H groups in total. The number of nitrogens with one attached hydrogen (secondary N) is 1. The summed E-state index contributed by atoms with van der Waals surface area (Å²) in [6.07, 6.45) is 3.17. The van der Waals surface area contributed by atoms with Gasteiger partial charge in [0.25, 0.3) is 5.69 Å². The molecular formula is C23H18FN5O3. The Labute approximate surface area is 182 Å². The Balaban J connectivity index is 1.68. The summed E-state index contributed by atoms with van der Waals surface area (Å²) in [5.41, 5.74) is 1.55. The molecule has 2 aromatic carbocycles. The second-order valence-electron chi connectivity index (χ2n) is 7.39. The zero-order valence-electron chi connectivity index (χ0n) is 17.0. The van der Waals surface area contributed by atoms with Crippen molar-refractivity contribution in [1.82, 2.24) is 10.3 Å². The molecule has 1 amide bonds. The van der Waals surface area contributed by atoms with Gasteiger partial charge in [0.2, 0.25) is 5.91 Å². The molecule has 9 heteroatoms. The first kappa shape index (κ1) is 21.0. The van der Waals surface area contributed by atoms with Crippen LogP contribution in [0.15, 0.2) is 89.1 Å². The van der Waals surface area contributed by atoms with Crippen molar-refractivity contribution in [2.75, 3.05) is 0 Å². The number of amides is 1. The van der Waals surface area contributed by atoms with Crippen LogP contribution in [0, 0.1) is 15.9 Å². The highest BCUT2D eigenvalue weighted by Crippen LogP contribution is 2.45. The third-order valence-corrected chi connectivity index (χ3v) is 5.19. The van der Waals surface area contributed by atoms with Crippen molar-refractivity contribution in [2.45, 2.75) is 18.9 Å². The molecule has 8 nitrogen and oxygen atoms in total. The number of nitrogens with zero attached hydrogens (tertiary/aromatic N) is 4. The molecule has 160 valence electrons. The number of benzene rings is 2. The van der Waals surface area contributed by atoms with Crippen LogP contribution in [-0.2, 0) is 16.8 Å². The Morgan fingerprint density at radius 2 is 1.84 bits per heavy atom. The van der Waals surface area contributed by atoms with Crippen LogP contribution in [0.4, 0.5) is 10.1 Å². The fourth-order valence-corrected chi connectivity index (χ4v) is 3.62. The lowest BCUT2D eigenvalue weighted by molar-refractivity contribution is -0.384. The number of aromatic nitrogens is 1. The van der Waals surface area contributed by atoms with Crippen LogP contribution in [0.1, 0.15) is 23.6 Å². The molecule has 0 radical (unpaired) electrons. The van der Waals surface area contributed by atoms with E-state index in [1.165, 1.54) is 30.3 Å². The van der Waals surface area contributed by atoms with E-state index in [9.17, 15) is 19.3 Å². The minimum atomic E-state index is -0.955. The van der Waals surface area contributed by atoms with E-state index in [-0.39, 0.29) is 23.7 Å². The summed E-state index contributed by atoms with van der Waals surface area (Å²) in [7, 11) is 0. The number of nitro groups is 1. The van der Waals surface area contributed by atoms with E-state index < -0.39 is 16.4 Å². The molecule has 1 aliphatic rings. The van der Waals surface area contributed by atoms with Crippen LogP contribution >= 0.6 is 0 Å². The second-order valence-corrected chi connectivity index (χ2v) is 7.39. The minimum absolute atomic E-state index is 0.0718. The number of pyridine rings is 1. The first-order valence-corrected chi connectivity index (χ1v) is 9.74. The van der Waals surface area contributed by atoms with Crippen molar-refractivity contribution in [3.8, 4) is 0 Å². The van der Waals surface area contributed by atoms with Crippen molar-refractivity contribution in [3.63, 3.8) is 0 Å². The number of non-ortho nitro benzene ring substituents is 1. The minimum Gasteiger partial charge on any atom is -0.309 e. The van der Waals surface area contributed by atoms with E-state index in [0.29, 0.717) is 16.7 Å². The maximum atomic E-state index is 13.5. The standard InChI is InChI=1S/C23H18FN5O3/c1-23(17-5-7-18(24)8-6-17)21(16-9-11-25-12-10-16)22(27-28-23)26-20(30)14-15-3-2-4-19(13-15)29(31)32/h2-13H,14H2,1H3,(H,26,30). The zero-order valence-corrected chi connectivity index (χ0v) is 17.0. The van der Waals surface area contributed by atoms with Crippen molar-refractivity contribution in [1.29, 1.82) is 0 Å². The van der Waals surface area contributed by atoms with Gasteiger partial charge in [0, 0.05) is 30.1 Å². The number of azo groups is 1. The SMILES string of the molecule is CC1(c2ccc(F)cc2)N=NC(NC(=O)Cc2cccc([N+](=O)[O-])c2)=C1c1ccncc1. The third-order valence-electron chi connectivity index (χ3n) is 5.19. The number of carbonyl (C=O) groups is 1. The van der Waals surface area contributed by atoms with E-state index in [0.717, 1.165) is 5.56 Å². The van der Waals surface area contributed by atoms with Gasteiger partial charge in [-0.3, -0.25) is 19.9 Å². The summed E-state index contributed by atoms with van der Waals surface area (Å²) in [5, 5.41) is 22.4. The quantitative estimate of drug-likeness (QED) is 0.456. The van der Waals surface area contributed by atoms with E-state index in [2.05, 4.69) is 20.5 Å². The van der Waals surface area contributed by atoms with E-state index in [1.807, 2.05) is 6.92 Å². The Morgan fingerprint density at radius 1 is 1.12 bits per heavy atom. The first-order valence-electron chi connectivity index (χ1n) is 9.74. The lowest BCUT2D eigenvalue weighted by Crippen LogP contribution is -2.26. The summed E-state index contributed by atoms with van der Waals surface area (Å²) in [5.74, 6) is -0.500. The Bertz CT molecular complexity index is 1240. The van der Waals surface area contributed by atoms with Crippen LogP contribution in [0.2, 0.25) is 0 Å². The summed E-state index contributed by atoms with van der Waals surface area (Å²) in [6, 6.07) is 15.4. The third kappa shape index (κ3) is 4.13. The molecule has 0 aliphatic carbocycles. The highest BCUT2D eigenvalue weighted by molar-refractivity contribution is 5.86. The molecule has 0 fully saturated rings. The van der Waals surface area contributed by atoms with Crippen LogP contribution in [0.25, 0.3) is 5.57 Å². The number of carbonyl (C=O) groups excluding carboxylic acids is 1. The van der Waals surface area contributed by atoms with E-state index in [4.69, 9.17) is 0 Å². The van der Waals surface area contributed by atoms with Crippen molar-refractivity contribution in [2.24, 2.45) is 10.2 Å². The lowest BCUT2D eigenvalue weighted by Gasteiger charge is -2.24. The highest BCUT2D eigenvalue weighted by Gasteiger charge is 2.39. The largest absolute Gasteiger partial charge is 0.309 e. The molecule has 1 aliphatic heterocycles. The predicted molar refractivity (Wildman–Crippen MR) is 115 cm³/mol. The summed E-state index contributed by atoms with van der Waals surface area (Å²) in [4.78, 5) is 27.3. The number of hydrogen-bond acceptors (Lipinski definition) is 6. The lowest BCUT2D eigenvalue weighted by atomic mass is 9.82. The fourth-order valence-electron chi connectivity index (χ4n) is 3.62. The van der Waals surface area contributed by atoms with Crippen molar-refractivity contribution < 1.29 is 14.1 Å². The smallest absolute Gasteiger partial charge is 0.269 e. The number of halogens is 1. The molecule has 4 rings (SSSR count). The molecule has 1 atom stereocenters. The second kappa shape index (κ2) is 8.46. The molecule has 0 bridgehead atoms. The molecule has 1 aromatic heterocycles. The monoisotopic (exact) mass is 431 g/mol.